The molecular weight excluding hydrogens is 324 g/mol. The van der Waals surface area contributed by atoms with E-state index in [1.165, 1.54) is 4.31 Å². The zero-order chi connectivity index (χ0) is 17.7. The lowest BCUT2D eigenvalue weighted by atomic mass is 10.1. The minimum Gasteiger partial charge on any atom is -0.369 e. The zero-order valence-corrected chi connectivity index (χ0v) is 14.7. The summed E-state index contributed by atoms with van der Waals surface area (Å²) < 4.78 is 27.3. The van der Waals surface area contributed by atoms with Gasteiger partial charge in [0.25, 0.3) is 0 Å². The molecule has 0 bridgehead atoms. The standard InChI is InChI=1S/C18H22N2O3S/c1-14-8-10-17(11-9-14)24(22,23)20(12-15(2)18(19)21)13-16-6-4-3-5-7-16/h3-11,15H,12-13H2,1-2H3,(H2,19,21). The van der Waals surface area contributed by atoms with Crippen LogP contribution in [0.25, 0.3) is 0 Å². The molecular formula is C18H22N2O3S. The molecule has 1 amide bonds. The molecule has 1 atom stereocenters. The van der Waals surface area contributed by atoms with E-state index in [1.54, 1.807) is 31.2 Å². The molecule has 0 fully saturated rings. The van der Waals surface area contributed by atoms with Gasteiger partial charge in [0.2, 0.25) is 15.9 Å². The van der Waals surface area contributed by atoms with Crippen LogP contribution in [0.1, 0.15) is 18.1 Å². The van der Waals surface area contributed by atoms with Gasteiger partial charge in [-0.05, 0) is 24.6 Å². The molecule has 2 rings (SSSR count). The van der Waals surface area contributed by atoms with Crippen molar-refractivity contribution >= 4 is 15.9 Å². The lowest BCUT2D eigenvalue weighted by Crippen LogP contribution is -2.38. The topological polar surface area (TPSA) is 80.5 Å². The molecule has 6 heteroatoms. The summed E-state index contributed by atoms with van der Waals surface area (Å²) in [5.41, 5.74) is 7.15. The van der Waals surface area contributed by atoms with Crippen LogP contribution in [0.15, 0.2) is 59.5 Å². The maximum Gasteiger partial charge on any atom is 0.243 e. The molecule has 1 unspecified atom stereocenters. The Hall–Kier alpha value is -2.18. The highest BCUT2D eigenvalue weighted by Crippen LogP contribution is 2.20. The van der Waals surface area contributed by atoms with Crippen LogP contribution in [-0.2, 0) is 21.4 Å². The maximum atomic E-state index is 13.0. The second-order valence-corrected chi connectivity index (χ2v) is 7.84. The summed E-state index contributed by atoms with van der Waals surface area (Å²) in [7, 11) is -3.72. The Labute approximate surface area is 143 Å². The Bertz CT molecular complexity index is 787. The van der Waals surface area contributed by atoms with Crippen LogP contribution < -0.4 is 5.73 Å². The van der Waals surface area contributed by atoms with Crippen molar-refractivity contribution in [3.05, 3.63) is 65.7 Å². The van der Waals surface area contributed by atoms with Crippen molar-refractivity contribution in [2.24, 2.45) is 11.7 Å². The predicted octanol–water partition coefficient (Wildman–Crippen LogP) is 2.31. The molecule has 0 heterocycles. The number of benzene rings is 2. The van der Waals surface area contributed by atoms with Gasteiger partial charge in [-0.2, -0.15) is 4.31 Å². The van der Waals surface area contributed by atoms with E-state index in [-0.39, 0.29) is 18.0 Å². The summed E-state index contributed by atoms with van der Waals surface area (Å²) in [5.74, 6) is -1.10. The van der Waals surface area contributed by atoms with E-state index >= 15 is 0 Å². The number of aryl methyl sites for hydroxylation is 1. The van der Waals surface area contributed by atoms with Crippen LogP contribution in [0.2, 0.25) is 0 Å². The molecule has 0 aliphatic heterocycles. The van der Waals surface area contributed by atoms with Gasteiger partial charge in [-0.25, -0.2) is 8.42 Å². The molecule has 24 heavy (non-hydrogen) atoms. The first kappa shape index (κ1) is 18.2. The number of primary amides is 1. The van der Waals surface area contributed by atoms with Gasteiger partial charge < -0.3 is 5.73 Å². The van der Waals surface area contributed by atoms with E-state index < -0.39 is 21.8 Å². The number of nitrogens with two attached hydrogens (primary N) is 1. The summed E-state index contributed by atoms with van der Waals surface area (Å²) in [5, 5.41) is 0. The molecule has 0 aliphatic rings. The lowest BCUT2D eigenvalue weighted by Gasteiger charge is -2.24. The fraction of sp³-hybridized carbons (Fsp3) is 0.278. The summed E-state index contributed by atoms with van der Waals surface area (Å²) in [6, 6.07) is 16.0. The molecule has 128 valence electrons. The Kier molecular flexibility index (Phi) is 5.75. The molecule has 2 aromatic carbocycles. The third-order valence-electron chi connectivity index (χ3n) is 3.82. The lowest BCUT2D eigenvalue weighted by molar-refractivity contribution is -0.121. The van der Waals surface area contributed by atoms with Gasteiger partial charge in [0.15, 0.2) is 0 Å². The van der Waals surface area contributed by atoms with Crippen molar-refractivity contribution in [3.8, 4) is 0 Å². The van der Waals surface area contributed by atoms with E-state index in [1.807, 2.05) is 37.3 Å². The van der Waals surface area contributed by atoms with Crippen molar-refractivity contribution < 1.29 is 13.2 Å². The first-order valence-corrected chi connectivity index (χ1v) is 9.15. The van der Waals surface area contributed by atoms with Crippen LogP contribution in [0.4, 0.5) is 0 Å². The Morgan fingerprint density at radius 3 is 2.21 bits per heavy atom. The van der Waals surface area contributed by atoms with Gasteiger partial charge in [-0.3, -0.25) is 4.79 Å². The minimum absolute atomic E-state index is 0.0421. The Morgan fingerprint density at radius 2 is 1.67 bits per heavy atom. The Balaban J connectivity index is 2.36. The number of nitrogens with zero attached hydrogens (tertiary/aromatic N) is 1. The number of hydrogen-bond acceptors (Lipinski definition) is 3. The largest absolute Gasteiger partial charge is 0.369 e. The average Bonchev–Trinajstić information content (AvgIpc) is 2.55. The first-order valence-electron chi connectivity index (χ1n) is 7.71. The molecule has 2 N–H and O–H groups in total. The van der Waals surface area contributed by atoms with Crippen LogP contribution in [0.3, 0.4) is 0 Å². The fourth-order valence-electron chi connectivity index (χ4n) is 2.29. The van der Waals surface area contributed by atoms with Crippen LogP contribution in [0.5, 0.6) is 0 Å². The number of sulfonamides is 1. The normalized spacial score (nSPS) is 13.0. The SMILES string of the molecule is Cc1ccc(S(=O)(=O)N(Cc2ccccc2)CC(C)C(N)=O)cc1. The minimum atomic E-state index is -3.72. The van der Waals surface area contributed by atoms with Crippen LogP contribution in [0, 0.1) is 12.8 Å². The molecule has 0 aliphatic carbocycles. The second kappa shape index (κ2) is 7.59. The van der Waals surface area contributed by atoms with Gasteiger partial charge in [0.1, 0.15) is 0 Å². The molecule has 0 saturated heterocycles. The van der Waals surface area contributed by atoms with Crippen molar-refractivity contribution in [2.45, 2.75) is 25.3 Å². The number of carbonyl (C=O) groups is 1. The first-order chi connectivity index (χ1) is 11.3. The highest BCUT2D eigenvalue weighted by atomic mass is 32.2. The quantitative estimate of drug-likeness (QED) is 0.835. The van der Waals surface area contributed by atoms with Crippen molar-refractivity contribution in [1.82, 2.24) is 4.31 Å². The molecule has 0 aromatic heterocycles. The van der Waals surface area contributed by atoms with Gasteiger partial charge >= 0.3 is 0 Å². The van der Waals surface area contributed by atoms with Crippen molar-refractivity contribution in [2.75, 3.05) is 6.54 Å². The Morgan fingerprint density at radius 1 is 1.08 bits per heavy atom. The molecule has 0 radical (unpaired) electrons. The average molecular weight is 346 g/mol. The molecule has 5 nitrogen and oxygen atoms in total. The molecule has 2 aromatic rings. The summed E-state index contributed by atoms with van der Waals surface area (Å²) in [6.07, 6.45) is 0. The predicted molar refractivity (Wildman–Crippen MR) is 93.6 cm³/mol. The smallest absolute Gasteiger partial charge is 0.243 e. The number of hydrogen-bond donors (Lipinski definition) is 1. The van der Waals surface area contributed by atoms with Gasteiger partial charge in [-0.1, -0.05) is 55.0 Å². The number of carbonyl (C=O) groups excluding carboxylic acids is 1. The zero-order valence-electron chi connectivity index (χ0n) is 13.8. The summed E-state index contributed by atoms with van der Waals surface area (Å²) in [6.45, 7) is 3.76. The second-order valence-electron chi connectivity index (χ2n) is 5.90. The third kappa shape index (κ3) is 4.43. The van der Waals surface area contributed by atoms with Gasteiger partial charge in [-0.15, -0.1) is 0 Å². The van der Waals surface area contributed by atoms with E-state index in [2.05, 4.69) is 0 Å². The maximum absolute atomic E-state index is 13.0. The highest BCUT2D eigenvalue weighted by molar-refractivity contribution is 7.89. The molecule has 0 spiro atoms. The summed E-state index contributed by atoms with van der Waals surface area (Å²) >= 11 is 0. The number of amides is 1. The van der Waals surface area contributed by atoms with Crippen LogP contribution in [-0.4, -0.2) is 25.2 Å². The highest BCUT2D eigenvalue weighted by Gasteiger charge is 2.27. The monoisotopic (exact) mass is 346 g/mol. The van der Waals surface area contributed by atoms with E-state index in [0.717, 1.165) is 11.1 Å². The third-order valence-corrected chi connectivity index (χ3v) is 5.65. The van der Waals surface area contributed by atoms with Crippen molar-refractivity contribution in [1.29, 1.82) is 0 Å². The fourth-order valence-corrected chi connectivity index (χ4v) is 3.81. The summed E-state index contributed by atoms with van der Waals surface area (Å²) in [4.78, 5) is 11.6. The van der Waals surface area contributed by atoms with Gasteiger partial charge in [0.05, 0.1) is 4.90 Å². The number of rotatable bonds is 7. The van der Waals surface area contributed by atoms with E-state index in [9.17, 15) is 13.2 Å². The van der Waals surface area contributed by atoms with Crippen LogP contribution >= 0.6 is 0 Å². The van der Waals surface area contributed by atoms with E-state index in [0.29, 0.717) is 0 Å². The molecule has 0 saturated carbocycles. The van der Waals surface area contributed by atoms with E-state index in [4.69, 9.17) is 5.73 Å². The van der Waals surface area contributed by atoms with Gasteiger partial charge in [0, 0.05) is 19.0 Å². The van der Waals surface area contributed by atoms with Crippen molar-refractivity contribution in [3.63, 3.8) is 0 Å².